The van der Waals surface area contributed by atoms with Gasteiger partial charge in [-0.2, -0.15) is 0 Å². The third-order valence-electron chi connectivity index (χ3n) is 7.66. The lowest BCUT2D eigenvalue weighted by atomic mass is 9.70. The molecule has 5 nitrogen and oxygen atoms in total. The molecule has 1 saturated carbocycles. The molecule has 0 bridgehead atoms. The molecule has 0 aromatic heterocycles. The highest BCUT2D eigenvalue weighted by atomic mass is 35.5. The second kappa shape index (κ2) is 11.5. The Labute approximate surface area is 213 Å². The molecular weight excluding hydrogens is 462 g/mol. The molecule has 2 aromatic carbocycles. The lowest BCUT2D eigenvalue weighted by Crippen LogP contribution is -2.43. The van der Waals surface area contributed by atoms with E-state index in [2.05, 4.69) is 17.5 Å². The molecule has 1 fully saturated rings. The van der Waals surface area contributed by atoms with Gasteiger partial charge in [0.1, 0.15) is 12.4 Å². The first-order valence-corrected chi connectivity index (χ1v) is 13.0. The predicted octanol–water partition coefficient (Wildman–Crippen LogP) is 6.21. The molecule has 2 N–H and O–H groups in total. The number of aliphatic hydroxyl groups excluding tert-OH is 1. The van der Waals surface area contributed by atoms with Crippen LogP contribution in [0.3, 0.4) is 0 Å². The molecule has 1 aliphatic heterocycles. The number of halogens is 1. The first-order valence-electron chi connectivity index (χ1n) is 12.7. The van der Waals surface area contributed by atoms with E-state index in [1.165, 1.54) is 5.56 Å². The Morgan fingerprint density at radius 2 is 2.06 bits per heavy atom. The summed E-state index contributed by atoms with van der Waals surface area (Å²) in [5.41, 5.74) is 4.38. The van der Waals surface area contributed by atoms with Crippen molar-refractivity contribution in [1.82, 2.24) is 0 Å². The van der Waals surface area contributed by atoms with Gasteiger partial charge in [-0.25, -0.2) is 0 Å². The molecule has 2 aliphatic rings. The zero-order valence-electron chi connectivity index (χ0n) is 20.5. The van der Waals surface area contributed by atoms with Gasteiger partial charge in [0.25, 0.3) is 0 Å². The van der Waals surface area contributed by atoms with Gasteiger partial charge >= 0.3 is 5.97 Å². The number of nitrogens with zero attached hydrogens (tertiary/aromatic N) is 1. The predicted molar refractivity (Wildman–Crippen MR) is 140 cm³/mol. The molecule has 6 heteroatoms. The number of carboxylic acid groups (broad SMARTS) is 1. The van der Waals surface area contributed by atoms with Crippen molar-refractivity contribution in [1.29, 1.82) is 0 Å². The summed E-state index contributed by atoms with van der Waals surface area (Å²) in [6.07, 6.45) is 6.36. The van der Waals surface area contributed by atoms with Crippen LogP contribution in [0, 0.1) is 11.8 Å². The molecule has 1 aliphatic carbocycles. The molecule has 0 radical (unpaired) electrons. The molecule has 1 unspecified atom stereocenters. The summed E-state index contributed by atoms with van der Waals surface area (Å²) in [5, 5.41) is 20.5. The fourth-order valence-electron chi connectivity index (χ4n) is 5.37. The van der Waals surface area contributed by atoms with Crippen molar-refractivity contribution in [3.63, 3.8) is 0 Å². The van der Waals surface area contributed by atoms with Crippen LogP contribution in [0.1, 0.15) is 61.6 Å². The number of rotatable bonds is 7. The van der Waals surface area contributed by atoms with E-state index in [0.717, 1.165) is 72.8 Å². The fraction of sp³-hybridized carbons (Fsp3) is 0.483. The van der Waals surface area contributed by atoms with Crippen molar-refractivity contribution in [2.75, 3.05) is 18.0 Å². The molecule has 188 valence electrons. The van der Waals surface area contributed by atoms with Crippen LogP contribution >= 0.6 is 11.6 Å². The van der Waals surface area contributed by atoms with Crippen molar-refractivity contribution in [2.24, 2.45) is 11.8 Å². The monoisotopic (exact) mass is 497 g/mol. The molecule has 0 saturated heterocycles. The molecular formula is C29H36ClNO4. The van der Waals surface area contributed by atoms with Crippen LogP contribution in [0.4, 0.5) is 5.69 Å². The number of hydrogen-bond acceptors (Lipinski definition) is 4. The van der Waals surface area contributed by atoms with Crippen LogP contribution in [0.2, 0.25) is 5.02 Å². The van der Waals surface area contributed by atoms with E-state index in [1.807, 2.05) is 37.3 Å². The van der Waals surface area contributed by atoms with Gasteiger partial charge in [0, 0.05) is 18.1 Å². The smallest absolute Gasteiger partial charge is 0.303 e. The van der Waals surface area contributed by atoms with Crippen LogP contribution in [0.5, 0.6) is 5.75 Å². The third-order valence-corrected chi connectivity index (χ3v) is 7.90. The zero-order valence-corrected chi connectivity index (χ0v) is 21.2. The maximum atomic E-state index is 11.3. The average molecular weight is 498 g/mol. The highest BCUT2D eigenvalue weighted by Gasteiger charge is 2.36. The quantitative estimate of drug-likeness (QED) is 0.445. The topological polar surface area (TPSA) is 70.0 Å². The van der Waals surface area contributed by atoms with Crippen LogP contribution in [-0.4, -0.2) is 35.4 Å². The minimum Gasteiger partial charge on any atom is -0.487 e. The largest absolute Gasteiger partial charge is 0.487 e. The maximum Gasteiger partial charge on any atom is 0.303 e. The van der Waals surface area contributed by atoms with E-state index in [0.29, 0.717) is 12.5 Å². The number of hydrogen-bond donors (Lipinski definition) is 2. The molecule has 2 aromatic rings. The standard InChI is InChI=1S/C29H36ClNO4/c1-3-27(32)25-11-8-22(25)17-31-13-5-4-6-21-15-24(30)10-7-23(21)18-35-28-12-9-20(16-26(28)31)19(2)14-29(33)34/h3,7,9-10,12,15-16,19,22,25,27,32H,1,4-6,8,11,13-14,17-18H2,2H3,(H,33,34)/t19-,22+,25-,27?/m1/s1. The Balaban J connectivity index is 1.66. The SMILES string of the molecule is C=CC(O)[C@@H]1CC[C@H]1CN1CCCCc2cc(Cl)ccc2COc2ccc([C@H](C)CC(=O)O)cc21. The van der Waals surface area contributed by atoms with Crippen molar-refractivity contribution >= 4 is 23.3 Å². The highest BCUT2D eigenvalue weighted by Crippen LogP contribution is 2.41. The van der Waals surface area contributed by atoms with Gasteiger partial charge in [0.2, 0.25) is 0 Å². The zero-order chi connectivity index (χ0) is 24.9. The Kier molecular flexibility index (Phi) is 8.40. The first-order chi connectivity index (χ1) is 16.9. The third kappa shape index (κ3) is 6.20. The number of anilines is 1. The second-order valence-corrected chi connectivity index (χ2v) is 10.5. The molecule has 0 amide bonds. The summed E-state index contributed by atoms with van der Waals surface area (Å²) in [7, 11) is 0. The maximum absolute atomic E-state index is 11.3. The molecule has 1 heterocycles. The van der Waals surface area contributed by atoms with Crippen molar-refractivity contribution in [2.45, 2.75) is 64.1 Å². The van der Waals surface area contributed by atoms with Crippen molar-refractivity contribution < 1.29 is 19.7 Å². The number of aryl methyl sites for hydroxylation is 1. The normalized spacial score (nSPS) is 21.9. The van der Waals surface area contributed by atoms with E-state index in [9.17, 15) is 15.0 Å². The van der Waals surface area contributed by atoms with E-state index in [1.54, 1.807) is 6.08 Å². The number of fused-ring (bicyclic) bond motifs is 2. The number of aliphatic hydroxyl groups is 1. The van der Waals surface area contributed by atoms with E-state index in [4.69, 9.17) is 16.3 Å². The molecule has 4 atom stereocenters. The summed E-state index contributed by atoms with van der Waals surface area (Å²) in [5.74, 6) is 0.528. The summed E-state index contributed by atoms with van der Waals surface area (Å²) >= 11 is 6.28. The average Bonchev–Trinajstić information content (AvgIpc) is 2.84. The lowest BCUT2D eigenvalue weighted by molar-refractivity contribution is -0.137. The van der Waals surface area contributed by atoms with E-state index in [-0.39, 0.29) is 18.3 Å². The van der Waals surface area contributed by atoms with Gasteiger partial charge in [0.05, 0.1) is 18.2 Å². The van der Waals surface area contributed by atoms with Crippen molar-refractivity contribution in [3.8, 4) is 5.75 Å². The van der Waals surface area contributed by atoms with Gasteiger partial charge in [-0.05, 0) is 90.8 Å². The Morgan fingerprint density at radius 1 is 1.23 bits per heavy atom. The van der Waals surface area contributed by atoms with Crippen LogP contribution in [0.15, 0.2) is 49.1 Å². The minimum atomic E-state index is -0.798. The van der Waals surface area contributed by atoms with Crippen LogP contribution in [0.25, 0.3) is 0 Å². The fourth-order valence-corrected chi connectivity index (χ4v) is 5.57. The number of carboxylic acids is 1. The molecule has 35 heavy (non-hydrogen) atoms. The second-order valence-electron chi connectivity index (χ2n) is 10.1. The van der Waals surface area contributed by atoms with Gasteiger partial charge in [-0.15, -0.1) is 6.58 Å². The summed E-state index contributed by atoms with van der Waals surface area (Å²) in [4.78, 5) is 13.7. The number of benzene rings is 2. The van der Waals surface area contributed by atoms with Gasteiger partial charge in [0.15, 0.2) is 0 Å². The van der Waals surface area contributed by atoms with E-state index >= 15 is 0 Å². The number of aliphatic carboxylic acids is 1. The number of ether oxygens (including phenoxy) is 1. The minimum absolute atomic E-state index is 0.0873. The Hall–Kier alpha value is -2.50. The van der Waals surface area contributed by atoms with Gasteiger partial charge in [-0.3, -0.25) is 4.79 Å². The lowest BCUT2D eigenvalue weighted by Gasteiger charge is -2.42. The molecule has 0 spiro atoms. The summed E-state index contributed by atoms with van der Waals surface area (Å²) < 4.78 is 6.39. The van der Waals surface area contributed by atoms with Crippen molar-refractivity contribution in [3.05, 3.63) is 70.8 Å². The van der Waals surface area contributed by atoms with E-state index < -0.39 is 12.1 Å². The van der Waals surface area contributed by atoms with Gasteiger partial charge in [-0.1, -0.05) is 36.7 Å². The summed E-state index contributed by atoms with van der Waals surface area (Å²) in [6, 6.07) is 12.1. The van der Waals surface area contributed by atoms with Crippen LogP contribution < -0.4 is 9.64 Å². The first kappa shape index (κ1) is 25.6. The van der Waals surface area contributed by atoms with Gasteiger partial charge < -0.3 is 19.8 Å². The molecule has 4 rings (SSSR count). The number of carbonyl (C=O) groups is 1. The van der Waals surface area contributed by atoms with Crippen LogP contribution in [-0.2, 0) is 17.8 Å². The Morgan fingerprint density at radius 3 is 2.77 bits per heavy atom. The highest BCUT2D eigenvalue weighted by molar-refractivity contribution is 6.30. The summed E-state index contributed by atoms with van der Waals surface area (Å²) in [6.45, 7) is 7.90. The Bertz CT molecular complexity index is 1050.